The zero-order chi connectivity index (χ0) is 12.1. The monoisotopic (exact) mass is 240 g/mol. The highest BCUT2D eigenvalue weighted by molar-refractivity contribution is 5.84. The van der Waals surface area contributed by atoms with Crippen LogP contribution in [-0.2, 0) is 4.79 Å². The highest BCUT2D eigenvalue weighted by Crippen LogP contribution is 2.37. The van der Waals surface area contributed by atoms with Gasteiger partial charge in [0.25, 0.3) is 0 Å². The zero-order valence-corrected chi connectivity index (χ0v) is 10.2. The molecule has 0 bridgehead atoms. The van der Waals surface area contributed by atoms with E-state index in [1.54, 1.807) is 0 Å². The standard InChI is InChI=1S/C15H16N2O/c18-15-13-6-3-9-17(13)12-8-7-10-4-1-2-5-11(10)14(12)16-15/h1-2,4-5,7-8,12-14H,3,6,9H2,(H,16,18)/t12-,13+,14-/m1/s1. The number of carbonyl (C=O) groups is 1. The van der Waals surface area contributed by atoms with E-state index < -0.39 is 0 Å². The van der Waals surface area contributed by atoms with Gasteiger partial charge in [0.15, 0.2) is 0 Å². The van der Waals surface area contributed by atoms with Crippen LogP contribution < -0.4 is 5.32 Å². The lowest BCUT2D eigenvalue weighted by molar-refractivity contribution is -0.130. The Morgan fingerprint density at radius 1 is 1.28 bits per heavy atom. The van der Waals surface area contributed by atoms with Crippen LogP contribution in [0, 0.1) is 0 Å². The normalized spacial score (nSPS) is 33.6. The number of benzene rings is 1. The Bertz CT molecular complexity index is 537. The van der Waals surface area contributed by atoms with Gasteiger partial charge >= 0.3 is 0 Å². The molecule has 2 saturated heterocycles. The molecular weight excluding hydrogens is 224 g/mol. The summed E-state index contributed by atoms with van der Waals surface area (Å²) < 4.78 is 0. The highest BCUT2D eigenvalue weighted by Gasteiger charge is 2.44. The molecule has 3 atom stereocenters. The number of carbonyl (C=O) groups excluding carboxylic acids is 1. The van der Waals surface area contributed by atoms with Crippen molar-refractivity contribution in [1.29, 1.82) is 0 Å². The molecule has 0 unspecified atom stereocenters. The topological polar surface area (TPSA) is 32.3 Å². The maximum absolute atomic E-state index is 12.2. The van der Waals surface area contributed by atoms with E-state index in [2.05, 4.69) is 40.6 Å². The molecule has 92 valence electrons. The minimum Gasteiger partial charge on any atom is -0.346 e. The van der Waals surface area contributed by atoms with E-state index >= 15 is 0 Å². The first-order valence-electron chi connectivity index (χ1n) is 6.68. The summed E-state index contributed by atoms with van der Waals surface area (Å²) in [7, 11) is 0. The summed E-state index contributed by atoms with van der Waals surface area (Å²) in [6, 6.07) is 8.92. The fourth-order valence-corrected chi connectivity index (χ4v) is 3.59. The Morgan fingerprint density at radius 2 is 2.17 bits per heavy atom. The van der Waals surface area contributed by atoms with Gasteiger partial charge in [-0.3, -0.25) is 9.69 Å². The predicted molar refractivity (Wildman–Crippen MR) is 69.9 cm³/mol. The number of rotatable bonds is 0. The first kappa shape index (κ1) is 10.3. The lowest BCUT2D eigenvalue weighted by Crippen LogP contribution is -2.59. The number of amides is 1. The summed E-state index contributed by atoms with van der Waals surface area (Å²) in [5.41, 5.74) is 2.49. The van der Waals surface area contributed by atoms with Crippen LogP contribution in [0.1, 0.15) is 30.0 Å². The average molecular weight is 240 g/mol. The lowest BCUT2D eigenvalue weighted by atomic mass is 9.86. The summed E-state index contributed by atoms with van der Waals surface area (Å²) in [6.07, 6.45) is 6.59. The Morgan fingerprint density at radius 3 is 3.11 bits per heavy atom. The molecule has 2 heterocycles. The number of hydrogen-bond donors (Lipinski definition) is 1. The number of nitrogens with one attached hydrogen (secondary N) is 1. The van der Waals surface area contributed by atoms with Crippen LogP contribution in [0.15, 0.2) is 30.3 Å². The molecule has 1 aliphatic carbocycles. The number of nitrogens with zero attached hydrogens (tertiary/aromatic N) is 1. The molecule has 4 rings (SSSR count). The van der Waals surface area contributed by atoms with Crippen molar-refractivity contribution in [2.45, 2.75) is 31.0 Å². The van der Waals surface area contributed by atoms with Crippen LogP contribution >= 0.6 is 0 Å². The second-order valence-corrected chi connectivity index (χ2v) is 5.36. The molecule has 2 fully saturated rings. The highest BCUT2D eigenvalue weighted by atomic mass is 16.2. The zero-order valence-electron chi connectivity index (χ0n) is 10.2. The lowest BCUT2D eigenvalue weighted by Gasteiger charge is -2.43. The van der Waals surface area contributed by atoms with Crippen molar-refractivity contribution < 1.29 is 4.79 Å². The van der Waals surface area contributed by atoms with Crippen LogP contribution in [0.25, 0.3) is 6.08 Å². The van der Waals surface area contributed by atoms with Gasteiger partial charge in [-0.1, -0.05) is 36.4 Å². The third-order valence-electron chi connectivity index (χ3n) is 4.42. The van der Waals surface area contributed by atoms with E-state index in [0.717, 1.165) is 19.4 Å². The summed E-state index contributed by atoms with van der Waals surface area (Å²) in [4.78, 5) is 14.5. The van der Waals surface area contributed by atoms with Crippen LogP contribution in [0.3, 0.4) is 0 Å². The van der Waals surface area contributed by atoms with Gasteiger partial charge in [-0.25, -0.2) is 0 Å². The third-order valence-corrected chi connectivity index (χ3v) is 4.42. The molecule has 0 aromatic heterocycles. The summed E-state index contributed by atoms with van der Waals surface area (Å²) in [5.74, 6) is 0.207. The Balaban J connectivity index is 1.79. The fourth-order valence-electron chi connectivity index (χ4n) is 3.59. The van der Waals surface area contributed by atoms with Gasteiger partial charge in [0.05, 0.1) is 18.1 Å². The molecule has 3 nitrogen and oxygen atoms in total. The van der Waals surface area contributed by atoms with Gasteiger partial charge < -0.3 is 5.32 Å². The van der Waals surface area contributed by atoms with Crippen LogP contribution in [0.4, 0.5) is 0 Å². The van der Waals surface area contributed by atoms with Gasteiger partial charge in [-0.05, 0) is 30.5 Å². The second-order valence-electron chi connectivity index (χ2n) is 5.36. The van der Waals surface area contributed by atoms with Gasteiger partial charge in [-0.15, -0.1) is 0 Å². The van der Waals surface area contributed by atoms with E-state index in [0.29, 0.717) is 6.04 Å². The minimum atomic E-state index is 0.0983. The Labute approximate surface area is 106 Å². The molecule has 0 saturated carbocycles. The fraction of sp³-hybridized carbons (Fsp3) is 0.400. The summed E-state index contributed by atoms with van der Waals surface area (Å²) >= 11 is 0. The van der Waals surface area contributed by atoms with Crippen molar-refractivity contribution in [3.63, 3.8) is 0 Å². The molecule has 3 heteroatoms. The van der Waals surface area contributed by atoms with E-state index in [4.69, 9.17) is 0 Å². The SMILES string of the molecule is O=C1N[C@@H]2c3ccccc3C=C[C@H]2N2CCC[C@@H]12. The summed E-state index contributed by atoms with van der Waals surface area (Å²) in [5, 5.41) is 3.21. The molecule has 1 aromatic carbocycles. The molecule has 1 aromatic rings. The summed E-state index contributed by atoms with van der Waals surface area (Å²) in [6.45, 7) is 1.05. The van der Waals surface area contributed by atoms with E-state index in [9.17, 15) is 4.79 Å². The maximum atomic E-state index is 12.2. The van der Waals surface area contributed by atoms with Crippen LogP contribution in [0.2, 0.25) is 0 Å². The number of piperazine rings is 1. The second kappa shape index (κ2) is 3.69. The maximum Gasteiger partial charge on any atom is 0.237 e. The quantitative estimate of drug-likeness (QED) is 0.749. The molecule has 0 radical (unpaired) electrons. The molecule has 0 spiro atoms. The molecular formula is C15H16N2O. The van der Waals surface area contributed by atoms with E-state index in [-0.39, 0.29) is 18.0 Å². The van der Waals surface area contributed by atoms with Gasteiger partial charge in [-0.2, -0.15) is 0 Å². The molecule has 1 amide bonds. The van der Waals surface area contributed by atoms with Crippen LogP contribution in [0.5, 0.6) is 0 Å². The Hall–Kier alpha value is -1.61. The minimum absolute atomic E-state index is 0.0983. The largest absolute Gasteiger partial charge is 0.346 e. The first-order chi connectivity index (χ1) is 8.84. The van der Waals surface area contributed by atoms with Crippen molar-refractivity contribution in [1.82, 2.24) is 10.2 Å². The van der Waals surface area contributed by atoms with Crippen molar-refractivity contribution in [2.75, 3.05) is 6.54 Å². The van der Waals surface area contributed by atoms with E-state index in [1.807, 2.05) is 6.07 Å². The number of hydrogen-bond acceptors (Lipinski definition) is 2. The molecule has 1 N–H and O–H groups in total. The van der Waals surface area contributed by atoms with Gasteiger partial charge in [0.2, 0.25) is 5.91 Å². The van der Waals surface area contributed by atoms with Gasteiger partial charge in [0, 0.05) is 0 Å². The van der Waals surface area contributed by atoms with Crippen molar-refractivity contribution >= 4 is 12.0 Å². The Kier molecular flexibility index (Phi) is 2.12. The van der Waals surface area contributed by atoms with E-state index in [1.165, 1.54) is 11.1 Å². The average Bonchev–Trinajstić information content (AvgIpc) is 2.89. The molecule has 2 aliphatic heterocycles. The van der Waals surface area contributed by atoms with Crippen molar-refractivity contribution in [3.8, 4) is 0 Å². The van der Waals surface area contributed by atoms with Crippen molar-refractivity contribution in [2.24, 2.45) is 0 Å². The number of fused-ring (bicyclic) bond motifs is 5. The molecule has 18 heavy (non-hydrogen) atoms. The first-order valence-corrected chi connectivity index (χ1v) is 6.68. The molecule has 3 aliphatic rings. The third kappa shape index (κ3) is 1.31. The van der Waals surface area contributed by atoms with Crippen molar-refractivity contribution in [3.05, 3.63) is 41.5 Å². The van der Waals surface area contributed by atoms with Crippen LogP contribution in [-0.4, -0.2) is 29.4 Å². The van der Waals surface area contributed by atoms with Gasteiger partial charge in [0.1, 0.15) is 0 Å². The predicted octanol–water partition coefficient (Wildman–Crippen LogP) is 1.72. The smallest absolute Gasteiger partial charge is 0.237 e.